The zero-order valence-corrected chi connectivity index (χ0v) is 16.5. The molecule has 0 atom stereocenters. The van der Waals surface area contributed by atoms with Crippen molar-refractivity contribution in [2.75, 3.05) is 32.9 Å². The lowest BCUT2D eigenvalue weighted by molar-refractivity contribution is 0.108. The van der Waals surface area contributed by atoms with Crippen LogP contribution in [0.25, 0.3) is 0 Å². The molecule has 0 radical (unpaired) electrons. The van der Waals surface area contributed by atoms with Crippen molar-refractivity contribution in [2.45, 2.75) is 46.6 Å². The van der Waals surface area contributed by atoms with Crippen LogP contribution in [0, 0.1) is 11.8 Å². The van der Waals surface area contributed by atoms with E-state index in [4.69, 9.17) is 9.47 Å². The number of pyridine rings is 1. The minimum Gasteiger partial charge on any atom is -0.477 e. The monoisotopic (exact) mass is 362 g/mol. The highest BCUT2D eigenvalue weighted by Crippen LogP contribution is 2.29. The van der Waals surface area contributed by atoms with Gasteiger partial charge in [-0.2, -0.15) is 0 Å². The molecule has 1 aliphatic carbocycles. The molecule has 0 bridgehead atoms. The van der Waals surface area contributed by atoms with Gasteiger partial charge in [-0.25, -0.2) is 9.98 Å². The van der Waals surface area contributed by atoms with Gasteiger partial charge in [-0.05, 0) is 43.6 Å². The van der Waals surface area contributed by atoms with Gasteiger partial charge in [0.1, 0.15) is 0 Å². The van der Waals surface area contributed by atoms with Crippen molar-refractivity contribution in [1.82, 2.24) is 15.6 Å². The number of aromatic nitrogens is 1. The summed E-state index contributed by atoms with van der Waals surface area (Å²) >= 11 is 0. The van der Waals surface area contributed by atoms with Crippen LogP contribution in [0.4, 0.5) is 0 Å². The third-order valence-corrected chi connectivity index (χ3v) is 3.93. The van der Waals surface area contributed by atoms with Crippen LogP contribution >= 0.6 is 0 Å². The molecule has 1 heterocycles. The molecular weight excluding hydrogens is 328 g/mol. The molecule has 0 aliphatic heterocycles. The fourth-order valence-electron chi connectivity index (χ4n) is 2.29. The maximum absolute atomic E-state index is 5.67. The molecule has 146 valence electrons. The van der Waals surface area contributed by atoms with Crippen molar-refractivity contribution in [3.63, 3.8) is 0 Å². The van der Waals surface area contributed by atoms with E-state index in [9.17, 15) is 0 Å². The Morgan fingerprint density at radius 3 is 2.81 bits per heavy atom. The van der Waals surface area contributed by atoms with Gasteiger partial charge < -0.3 is 20.1 Å². The summed E-state index contributed by atoms with van der Waals surface area (Å²) in [6.07, 6.45) is 5.38. The number of nitrogens with zero attached hydrogens (tertiary/aromatic N) is 2. The van der Waals surface area contributed by atoms with Crippen LogP contribution in [0.5, 0.6) is 5.88 Å². The molecule has 0 spiro atoms. The Hall–Kier alpha value is -1.82. The van der Waals surface area contributed by atoms with Crippen molar-refractivity contribution in [3.8, 4) is 5.88 Å². The Morgan fingerprint density at radius 2 is 2.15 bits per heavy atom. The summed E-state index contributed by atoms with van der Waals surface area (Å²) in [4.78, 5) is 8.98. The van der Waals surface area contributed by atoms with Gasteiger partial charge in [0.05, 0.1) is 13.2 Å². The van der Waals surface area contributed by atoms with E-state index < -0.39 is 0 Å². The standard InChI is InChI=1S/C20H34N4O2/c1-4-21-20(22-10-5-11-25-14-16(2)3)24-13-18-8-9-19(23-12-18)26-15-17-6-7-17/h8-9,12,16-17H,4-7,10-11,13-15H2,1-3H3,(H2,21,22,24). The van der Waals surface area contributed by atoms with E-state index in [-0.39, 0.29) is 0 Å². The number of guanidine groups is 1. The van der Waals surface area contributed by atoms with E-state index in [0.717, 1.165) is 56.8 Å². The van der Waals surface area contributed by atoms with Crippen LogP contribution in [0.1, 0.15) is 45.6 Å². The van der Waals surface area contributed by atoms with Gasteiger partial charge in [0.25, 0.3) is 0 Å². The van der Waals surface area contributed by atoms with Crippen molar-refractivity contribution in [2.24, 2.45) is 16.8 Å². The molecule has 0 unspecified atom stereocenters. The third-order valence-electron chi connectivity index (χ3n) is 3.93. The van der Waals surface area contributed by atoms with E-state index in [0.29, 0.717) is 18.3 Å². The molecule has 0 saturated heterocycles. The predicted octanol–water partition coefficient (Wildman–Crippen LogP) is 2.99. The van der Waals surface area contributed by atoms with Crippen molar-refractivity contribution >= 4 is 5.96 Å². The quantitative estimate of drug-likeness (QED) is 0.340. The Labute approximate surface area is 157 Å². The largest absolute Gasteiger partial charge is 0.477 e. The van der Waals surface area contributed by atoms with Crippen LogP contribution in [-0.4, -0.2) is 43.9 Å². The van der Waals surface area contributed by atoms with E-state index >= 15 is 0 Å². The minimum atomic E-state index is 0.584. The van der Waals surface area contributed by atoms with Gasteiger partial charge in [-0.15, -0.1) is 0 Å². The maximum atomic E-state index is 5.67. The lowest BCUT2D eigenvalue weighted by atomic mass is 10.2. The summed E-state index contributed by atoms with van der Waals surface area (Å²) in [6, 6.07) is 3.96. The smallest absolute Gasteiger partial charge is 0.213 e. The van der Waals surface area contributed by atoms with Gasteiger partial charge in [0.15, 0.2) is 5.96 Å². The SMILES string of the molecule is CCNC(=NCc1ccc(OCC2CC2)nc1)NCCCOCC(C)C. The average Bonchev–Trinajstić information content (AvgIpc) is 3.46. The summed E-state index contributed by atoms with van der Waals surface area (Å²) in [7, 11) is 0. The summed E-state index contributed by atoms with van der Waals surface area (Å²) in [6.45, 7) is 11.0. The van der Waals surface area contributed by atoms with Gasteiger partial charge in [0.2, 0.25) is 5.88 Å². The molecule has 1 saturated carbocycles. The second-order valence-electron chi connectivity index (χ2n) is 7.20. The first-order valence-corrected chi connectivity index (χ1v) is 9.85. The Morgan fingerprint density at radius 1 is 1.31 bits per heavy atom. The Kier molecular flexibility index (Phi) is 9.24. The van der Waals surface area contributed by atoms with Crippen molar-refractivity contribution in [3.05, 3.63) is 23.9 Å². The van der Waals surface area contributed by atoms with Crippen molar-refractivity contribution in [1.29, 1.82) is 0 Å². The Bertz CT molecular complexity index is 527. The van der Waals surface area contributed by atoms with E-state index in [2.05, 4.69) is 41.4 Å². The van der Waals surface area contributed by atoms with E-state index in [1.807, 2.05) is 18.3 Å². The molecule has 0 amide bonds. The summed E-state index contributed by atoms with van der Waals surface area (Å²) in [5.74, 6) is 2.85. The molecule has 1 aromatic rings. The predicted molar refractivity (Wildman–Crippen MR) is 106 cm³/mol. The van der Waals surface area contributed by atoms with E-state index in [1.54, 1.807) is 0 Å². The fourth-order valence-corrected chi connectivity index (χ4v) is 2.29. The van der Waals surface area contributed by atoms with Crippen LogP contribution in [0.3, 0.4) is 0 Å². The summed E-state index contributed by atoms with van der Waals surface area (Å²) in [5.41, 5.74) is 1.07. The Balaban J connectivity index is 1.69. The number of hydrogen-bond donors (Lipinski definition) is 2. The fraction of sp³-hybridized carbons (Fsp3) is 0.700. The first kappa shape index (κ1) is 20.5. The second-order valence-corrected chi connectivity index (χ2v) is 7.20. The number of ether oxygens (including phenoxy) is 2. The maximum Gasteiger partial charge on any atom is 0.213 e. The normalized spacial score (nSPS) is 14.5. The van der Waals surface area contributed by atoms with Crippen LogP contribution in [0.15, 0.2) is 23.3 Å². The minimum absolute atomic E-state index is 0.584. The van der Waals surface area contributed by atoms with E-state index in [1.165, 1.54) is 12.8 Å². The second kappa shape index (κ2) is 11.7. The molecular formula is C20H34N4O2. The highest BCUT2D eigenvalue weighted by molar-refractivity contribution is 5.79. The zero-order chi connectivity index (χ0) is 18.6. The van der Waals surface area contributed by atoms with Crippen LogP contribution in [0.2, 0.25) is 0 Å². The third kappa shape index (κ3) is 9.04. The highest BCUT2D eigenvalue weighted by atomic mass is 16.5. The number of rotatable bonds is 12. The first-order chi connectivity index (χ1) is 12.7. The van der Waals surface area contributed by atoms with Crippen LogP contribution < -0.4 is 15.4 Å². The highest BCUT2D eigenvalue weighted by Gasteiger charge is 2.21. The molecule has 0 aromatic carbocycles. The van der Waals surface area contributed by atoms with Crippen LogP contribution in [-0.2, 0) is 11.3 Å². The first-order valence-electron chi connectivity index (χ1n) is 9.85. The molecule has 1 fully saturated rings. The van der Waals surface area contributed by atoms with Gasteiger partial charge in [-0.1, -0.05) is 19.9 Å². The lowest BCUT2D eigenvalue weighted by Crippen LogP contribution is -2.38. The zero-order valence-electron chi connectivity index (χ0n) is 16.5. The van der Waals surface area contributed by atoms with Gasteiger partial charge in [0, 0.05) is 38.6 Å². The molecule has 1 aromatic heterocycles. The summed E-state index contributed by atoms with van der Waals surface area (Å²) in [5, 5.41) is 6.61. The number of aliphatic imine (C=N–C) groups is 1. The molecule has 2 N–H and O–H groups in total. The molecule has 1 aliphatic rings. The van der Waals surface area contributed by atoms with Crippen molar-refractivity contribution < 1.29 is 9.47 Å². The molecule has 6 heteroatoms. The van der Waals surface area contributed by atoms with Gasteiger partial charge in [-0.3, -0.25) is 0 Å². The topological polar surface area (TPSA) is 67.8 Å². The number of hydrogen-bond acceptors (Lipinski definition) is 4. The lowest BCUT2D eigenvalue weighted by Gasteiger charge is -2.12. The summed E-state index contributed by atoms with van der Waals surface area (Å²) < 4.78 is 11.3. The molecule has 2 rings (SSSR count). The average molecular weight is 363 g/mol. The number of nitrogens with one attached hydrogen (secondary N) is 2. The van der Waals surface area contributed by atoms with Gasteiger partial charge >= 0.3 is 0 Å². The molecule has 26 heavy (non-hydrogen) atoms. The molecule has 6 nitrogen and oxygen atoms in total.